The number of methoxy groups -OCH3 is 1. The Kier molecular flexibility index (Phi) is 5.78. The summed E-state index contributed by atoms with van der Waals surface area (Å²) < 4.78 is 10.8. The number of carboxylic acid groups (broad SMARTS) is 1. The summed E-state index contributed by atoms with van der Waals surface area (Å²) in [6, 6.07) is 13.8. The molecule has 1 amide bonds. The third-order valence-electron chi connectivity index (χ3n) is 3.68. The molecule has 1 fully saturated rings. The number of para-hydroxylation sites is 1. The van der Waals surface area contributed by atoms with Gasteiger partial charge in [0.25, 0.3) is 5.91 Å². The van der Waals surface area contributed by atoms with Gasteiger partial charge in [-0.25, -0.2) is 0 Å². The zero-order chi connectivity index (χ0) is 19.4. The molecule has 0 radical (unpaired) electrons. The minimum absolute atomic E-state index is 0.259. The zero-order valence-electron chi connectivity index (χ0n) is 14.2. The van der Waals surface area contributed by atoms with Gasteiger partial charge < -0.3 is 19.4 Å². The van der Waals surface area contributed by atoms with Crippen LogP contribution in [0.2, 0.25) is 0 Å². The molecular formula is C19H14NO5S2-. The van der Waals surface area contributed by atoms with Crippen LogP contribution in [0.3, 0.4) is 0 Å². The van der Waals surface area contributed by atoms with E-state index in [0.29, 0.717) is 32.0 Å². The SMILES string of the molecule is COc1ccc(N2C(=O)/C(=C\c3ccccc3OCC(=O)[O-])SC2=S)cc1. The number of amides is 1. The highest BCUT2D eigenvalue weighted by Crippen LogP contribution is 2.37. The van der Waals surface area contributed by atoms with Crippen molar-refractivity contribution in [2.75, 3.05) is 18.6 Å². The summed E-state index contributed by atoms with van der Waals surface area (Å²) in [6.45, 7) is -0.572. The van der Waals surface area contributed by atoms with Gasteiger partial charge in [0, 0.05) is 5.56 Å². The Labute approximate surface area is 165 Å². The van der Waals surface area contributed by atoms with Crippen LogP contribution in [0.25, 0.3) is 6.08 Å². The lowest BCUT2D eigenvalue weighted by Crippen LogP contribution is -2.29. The Morgan fingerprint density at radius 3 is 2.59 bits per heavy atom. The van der Waals surface area contributed by atoms with Crippen molar-refractivity contribution in [3.8, 4) is 11.5 Å². The fourth-order valence-corrected chi connectivity index (χ4v) is 3.72. The fraction of sp³-hybridized carbons (Fsp3) is 0.105. The van der Waals surface area contributed by atoms with Gasteiger partial charge in [0.2, 0.25) is 0 Å². The maximum absolute atomic E-state index is 12.8. The first-order chi connectivity index (χ1) is 13.0. The van der Waals surface area contributed by atoms with E-state index >= 15 is 0 Å². The first-order valence-corrected chi connectivity index (χ1v) is 9.06. The summed E-state index contributed by atoms with van der Waals surface area (Å²) in [7, 11) is 1.57. The van der Waals surface area contributed by atoms with Crippen molar-refractivity contribution in [1.29, 1.82) is 0 Å². The molecule has 0 atom stereocenters. The molecular weight excluding hydrogens is 386 g/mol. The van der Waals surface area contributed by atoms with E-state index in [0.717, 1.165) is 0 Å². The molecule has 2 aromatic rings. The van der Waals surface area contributed by atoms with Crippen LogP contribution >= 0.6 is 24.0 Å². The van der Waals surface area contributed by atoms with Gasteiger partial charge in [-0.3, -0.25) is 9.69 Å². The number of thioether (sulfide) groups is 1. The lowest BCUT2D eigenvalue weighted by atomic mass is 10.2. The minimum Gasteiger partial charge on any atom is -0.546 e. The predicted octanol–water partition coefficient (Wildman–Crippen LogP) is 2.23. The lowest BCUT2D eigenvalue weighted by Gasteiger charge is -2.14. The maximum atomic E-state index is 12.8. The van der Waals surface area contributed by atoms with Crippen molar-refractivity contribution in [1.82, 2.24) is 0 Å². The molecule has 1 saturated heterocycles. The van der Waals surface area contributed by atoms with Crippen molar-refractivity contribution in [3.05, 3.63) is 59.0 Å². The number of ether oxygens (including phenoxy) is 2. The highest BCUT2D eigenvalue weighted by atomic mass is 32.2. The summed E-state index contributed by atoms with van der Waals surface area (Å²) in [4.78, 5) is 25.3. The molecule has 6 nitrogen and oxygen atoms in total. The number of anilines is 1. The van der Waals surface area contributed by atoms with E-state index in [1.165, 1.54) is 16.7 Å². The first-order valence-electron chi connectivity index (χ1n) is 7.83. The molecule has 3 rings (SSSR count). The van der Waals surface area contributed by atoms with Gasteiger partial charge >= 0.3 is 0 Å². The van der Waals surface area contributed by atoms with Crippen LogP contribution in [0.1, 0.15) is 5.56 Å². The maximum Gasteiger partial charge on any atom is 0.270 e. The second kappa shape index (κ2) is 8.24. The van der Waals surface area contributed by atoms with Crippen molar-refractivity contribution in [3.63, 3.8) is 0 Å². The van der Waals surface area contributed by atoms with Crippen molar-refractivity contribution in [2.24, 2.45) is 0 Å². The summed E-state index contributed by atoms with van der Waals surface area (Å²) in [5.74, 6) is -0.560. The Morgan fingerprint density at radius 1 is 1.22 bits per heavy atom. The zero-order valence-corrected chi connectivity index (χ0v) is 15.8. The number of carbonyl (C=O) groups is 2. The van der Waals surface area contributed by atoms with Gasteiger partial charge in [0.1, 0.15) is 18.1 Å². The molecule has 27 heavy (non-hydrogen) atoms. The summed E-state index contributed by atoms with van der Waals surface area (Å²) in [6.07, 6.45) is 1.63. The van der Waals surface area contributed by atoms with Gasteiger partial charge in [-0.1, -0.05) is 42.2 Å². The molecule has 0 aliphatic carbocycles. The average Bonchev–Trinajstić information content (AvgIpc) is 2.94. The van der Waals surface area contributed by atoms with Gasteiger partial charge in [-0.05, 0) is 36.4 Å². The number of rotatable bonds is 6. The monoisotopic (exact) mass is 400 g/mol. The molecule has 0 saturated carbocycles. The Hall–Kier alpha value is -2.84. The molecule has 0 unspecified atom stereocenters. The standard InChI is InChI=1S/C19H15NO5S2/c1-24-14-8-6-13(7-9-14)20-18(23)16(27-19(20)26)10-12-4-2-3-5-15(12)25-11-17(21)22/h2-10H,11H2,1H3,(H,21,22)/p-1/b16-10+. The summed E-state index contributed by atoms with van der Waals surface area (Å²) >= 11 is 6.52. The molecule has 0 bridgehead atoms. The number of nitrogens with zero attached hydrogens (tertiary/aromatic N) is 1. The number of benzene rings is 2. The van der Waals surface area contributed by atoms with E-state index in [1.54, 1.807) is 61.7 Å². The van der Waals surface area contributed by atoms with Crippen molar-refractivity contribution < 1.29 is 24.2 Å². The number of carboxylic acids is 1. The van der Waals surface area contributed by atoms with E-state index in [-0.39, 0.29) is 5.91 Å². The van der Waals surface area contributed by atoms with Crippen LogP contribution in [-0.4, -0.2) is 29.9 Å². The fourth-order valence-electron chi connectivity index (χ4n) is 2.43. The lowest BCUT2D eigenvalue weighted by molar-refractivity contribution is -0.307. The molecule has 8 heteroatoms. The topological polar surface area (TPSA) is 78.9 Å². The van der Waals surface area contributed by atoms with Crippen molar-refractivity contribution >= 4 is 51.9 Å². The number of hydrogen-bond acceptors (Lipinski definition) is 7. The Bertz CT molecular complexity index is 924. The van der Waals surface area contributed by atoms with E-state index < -0.39 is 12.6 Å². The normalized spacial score (nSPS) is 15.3. The Morgan fingerprint density at radius 2 is 1.93 bits per heavy atom. The van der Waals surface area contributed by atoms with E-state index in [9.17, 15) is 14.7 Å². The van der Waals surface area contributed by atoms with Crippen LogP contribution in [0.15, 0.2) is 53.4 Å². The van der Waals surface area contributed by atoms with Crippen LogP contribution in [-0.2, 0) is 9.59 Å². The largest absolute Gasteiger partial charge is 0.546 e. The number of hydrogen-bond donors (Lipinski definition) is 0. The average molecular weight is 400 g/mol. The third-order valence-corrected chi connectivity index (χ3v) is 4.98. The molecule has 0 aromatic heterocycles. The van der Waals surface area contributed by atoms with E-state index in [4.69, 9.17) is 21.7 Å². The number of aliphatic carboxylic acids is 1. The second-order valence-electron chi connectivity index (χ2n) is 5.41. The quantitative estimate of drug-likeness (QED) is 0.543. The molecule has 1 heterocycles. The molecule has 2 aromatic carbocycles. The smallest absolute Gasteiger partial charge is 0.270 e. The van der Waals surface area contributed by atoms with E-state index in [1.807, 2.05) is 0 Å². The van der Waals surface area contributed by atoms with Gasteiger partial charge in [0.05, 0.1) is 23.7 Å². The third kappa shape index (κ3) is 4.29. The molecule has 0 spiro atoms. The van der Waals surface area contributed by atoms with Crippen LogP contribution in [0.4, 0.5) is 5.69 Å². The van der Waals surface area contributed by atoms with Crippen molar-refractivity contribution in [2.45, 2.75) is 0 Å². The van der Waals surface area contributed by atoms with Crippen LogP contribution in [0, 0.1) is 0 Å². The molecule has 1 aliphatic rings. The first kappa shape index (κ1) is 18.9. The van der Waals surface area contributed by atoms with Gasteiger partial charge in [-0.15, -0.1) is 0 Å². The summed E-state index contributed by atoms with van der Waals surface area (Å²) in [5.41, 5.74) is 1.22. The Balaban J connectivity index is 1.87. The van der Waals surface area contributed by atoms with Crippen LogP contribution in [0.5, 0.6) is 11.5 Å². The second-order valence-corrected chi connectivity index (χ2v) is 7.09. The molecule has 1 aliphatic heterocycles. The highest BCUT2D eigenvalue weighted by molar-refractivity contribution is 8.27. The highest BCUT2D eigenvalue weighted by Gasteiger charge is 2.33. The predicted molar refractivity (Wildman–Crippen MR) is 106 cm³/mol. The number of thiocarbonyl (C=S) groups is 1. The number of carbonyl (C=O) groups excluding carboxylic acids is 2. The van der Waals surface area contributed by atoms with Crippen LogP contribution < -0.4 is 19.5 Å². The molecule has 0 N–H and O–H groups in total. The molecule has 138 valence electrons. The minimum atomic E-state index is -1.32. The van der Waals surface area contributed by atoms with Gasteiger partial charge in [0.15, 0.2) is 4.32 Å². The van der Waals surface area contributed by atoms with Gasteiger partial charge in [-0.2, -0.15) is 0 Å². The summed E-state index contributed by atoms with van der Waals surface area (Å²) in [5, 5.41) is 10.6. The van der Waals surface area contributed by atoms with E-state index in [2.05, 4.69) is 0 Å².